The summed E-state index contributed by atoms with van der Waals surface area (Å²) in [5, 5.41) is 8.25. The summed E-state index contributed by atoms with van der Waals surface area (Å²) in [6, 6.07) is 8.01. The van der Waals surface area contributed by atoms with Gasteiger partial charge < -0.3 is 24.2 Å². The summed E-state index contributed by atoms with van der Waals surface area (Å²) >= 11 is 1.37. The first kappa shape index (κ1) is 26.7. The summed E-state index contributed by atoms with van der Waals surface area (Å²) in [5.41, 5.74) is 1.10. The van der Waals surface area contributed by atoms with E-state index < -0.39 is 17.9 Å². The van der Waals surface area contributed by atoms with Crippen LogP contribution in [0.4, 0.5) is 0 Å². The van der Waals surface area contributed by atoms with Crippen molar-refractivity contribution >= 4 is 29.1 Å². The Hall–Kier alpha value is -4.32. The molecule has 12 heteroatoms. The SMILES string of the molecule is COC(=O)c1coc([C@H](C)NC(=O)c2nc(-c3csc([C@@H](NC(=O)c4ccccc4)C(C)C)n3)oc2C)n1. The summed E-state index contributed by atoms with van der Waals surface area (Å²) in [6.45, 7) is 7.28. The third kappa shape index (κ3) is 5.80. The fraction of sp³-hybridized carbons (Fsp3) is 0.308. The molecule has 0 saturated heterocycles. The summed E-state index contributed by atoms with van der Waals surface area (Å²) in [4.78, 5) is 50.2. The van der Waals surface area contributed by atoms with Crippen LogP contribution in [0.5, 0.6) is 0 Å². The molecule has 3 aromatic heterocycles. The number of nitrogens with zero attached hydrogens (tertiary/aromatic N) is 3. The molecule has 2 atom stereocenters. The van der Waals surface area contributed by atoms with Gasteiger partial charge in [-0.1, -0.05) is 32.0 Å². The van der Waals surface area contributed by atoms with Crippen LogP contribution in [0, 0.1) is 12.8 Å². The Kier molecular flexibility index (Phi) is 8.01. The van der Waals surface area contributed by atoms with E-state index in [2.05, 4.69) is 30.3 Å². The van der Waals surface area contributed by atoms with Gasteiger partial charge in [-0.25, -0.2) is 19.7 Å². The van der Waals surface area contributed by atoms with Crippen molar-refractivity contribution < 1.29 is 28.0 Å². The first-order valence-corrected chi connectivity index (χ1v) is 12.7. The number of carbonyl (C=O) groups excluding carboxylic acids is 3. The Labute approximate surface area is 222 Å². The topological polar surface area (TPSA) is 149 Å². The fourth-order valence-corrected chi connectivity index (χ4v) is 4.60. The Morgan fingerprint density at radius 2 is 1.74 bits per heavy atom. The van der Waals surface area contributed by atoms with Crippen LogP contribution in [0.25, 0.3) is 11.6 Å². The van der Waals surface area contributed by atoms with Gasteiger partial charge in [-0.3, -0.25) is 9.59 Å². The van der Waals surface area contributed by atoms with E-state index in [0.717, 1.165) is 6.26 Å². The zero-order valence-corrected chi connectivity index (χ0v) is 22.3. The van der Waals surface area contributed by atoms with Gasteiger partial charge in [0.25, 0.3) is 11.8 Å². The summed E-state index contributed by atoms with van der Waals surface area (Å²) in [6.07, 6.45) is 1.16. The number of benzene rings is 1. The van der Waals surface area contributed by atoms with E-state index in [1.807, 2.05) is 32.0 Å². The number of ether oxygens (including phenoxy) is 1. The molecule has 0 unspecified atom stereocenters. The van der Waals surface area contributed by atoms with Crippen LogP contribution in [0.3, 0.4) is 0 Å². The van der Waals surface area contributed by atoms with Crippen LogP contribution in [0.2, 0.25) is 0 Å². The molecule has 4 rings (SSSR count). The molecule has 3 heterocycles. The minimum atomic E-state index is -0.647. The van der Waals surface area contributed by atoms with Crippen LogP contribution in [-0.4, -0.2) is 39.8 Å². The third-order valence-electron chi connectivity index (χ3n) is 5.64. The minimum Gasteiger partial charge on any atom is -0.464 e. The molecule has 198 valence electrons. The van der Waals surface area contributed by atoms with Gasteiger partial charge in [-0.15, -0.1) is 11.3 Å². The lowest BCUT2D eigenvalue weighted by atomic mass is 10.0. The van der Waals surface area contributed by atoms with E-state index in [1.165, 1.54) is 18.4 Å². The number of carbonyl (C=O) groups is 3. The molecule has 1 aromatic carbocycles. The van der Waals surface area contributed by atoms with E-state index >= 15 is 0 Å². The standard InChI is InChI=1S/C26H27N5O6S/c1-13(2)19(30-21(32)16-9-7-6-8-10-16)25-29-18(12-38-25)24-31-20(15(4)37-24)22(33)27-14(3)23-28-17(11-36-23)26(34)35-5/h6-14,19H,1-5H3,(H,27,33)(H,30,32)/t14-,19-/m0/s1. The Bertz CT molecular complexity index is 1440. The van der Waals surface area contributed by atoms with Crippen molar-refractivity contribution in [3.63, 3.8) is 0 Å². The van der Waals surface area contributed by atoms with Crippen LogP contribution in [-0.2, 0) is 4.74 Å². The number of esters is 1. The van der Waals surface area contributed by atoms with Gasteiger partial charge in [0.2, 0.25) is 11.8 Å². The van der Waals surface area contributed by atoms with E-state index in [1.54, 1.807) is 31.4 Å². The number of amides is 2. The average Bonchev–Trinajstić information content (AvgIpc) is 3.66. The smallest absolute Gasteiger partial charge is 0.360 e. The number of oxazole rings is 2. The van der Waals surface area contributed by atoms with Crippen molar-refractivity contribution in [2.75, 3.05) is 7.11 Å². The quantitative estimate of drug-likeness (QED) is 0.294. The van der Waals surface area contributed by atoms with Gasteiger partial charge in [-0.2, -0.15) is 0 Å². The zero-order valence-electron chi connectivity index (χ0n) is 21.5. The highest BCUT2D eigenvalue weighted by atomic mass is 32.1. The molecule has 0 aliphatic rings. The number of thiazole rings is 1. The second kappa shape index (κ2) is 11.4. The number of hydrogen-bond donors (Lipinski definition) is 2. The van der Waals surface area contributed by atoms with Crippen molar-refractivity contribution in [3.05, 3.63) is 75.6 Å². The molecular formula is C26H27N5O6S. The van der Waals surface area contributed by atoms with Crippen LogP contribution >= 0.6 is 11.3 Å². The molecule has 11 nitrogen and oxygen atoms in total. The molecule has 0 radical (unpaired) electrons. The molecule has 0 bridgehead atoms. The molecule has 0 fully saturated rings. The second-order valence-corrected chi connectivity index (χ2v) is 9.70. The molecule has 4 aromatic rings. The van der Waals surface area contributed by atoms with E-state index in [4.69, 9.17) is 8.83 Å². The zero-order chi connectivity index (χ0) is 27.4. The van der Waals surface area contributed by atoms with Crippen molar-refractivity contribution in [2.24, 2.45) is 5.92 Å². The lowest BCUT2D eigenvalue weighted by molar-refractivity contribution is 0.0593. The van der Waals surface area contributed by atoms with E-state index in [0.29, 0.717) is 22.0 Å². The predicted octanol–water partition coefficient (Wildman–Crippen LogP) is 4.50. The average molecular weight is 538 g/mol. The molecule has 0 spiro atoms. The molecule has 0 saturated carbocycles. The fourth-order valence-electron chi connectivity index (χ4n) is 3.58. The van der Waals surface area contributed by atoms with Crippen LogP contribution in [0.15, 0.2) is 50.8 Å². The maximum absolute atomic E-state index is 12.9. The second-order valence-electron chi connectivity index (χ2n) is 8.81. The van der Waals surface area contributed by atoms with Gasteiger partial charge >= 0.3 is 5.97 Å². The van der Waals surface area contributed by atoms with Gasteiger partial charge in [0.05, 0.1) is 13.2 Å². The number of hydrogen-bond acceptors (Lipinski definition) is 10. The first-order chi connectivity index (χ1) is 18.2. The summed E-state index contributed by atoms with van der Waals surface area (Å²) in [5.74, 6) is -0.632. The number of nitrogens with one attached hydrogen (secondary N) is 2. The molecule has 0 aliphatic carbocycles. The Morgan fingerprint density at radius 1 is 1.00 bits per heavy atom. The monoisotopic (exact) mass is 537 g/mol. The van der Waals surface area contributed by atoms with E-state index in [9.17, 15) is 14.4 Å². The Balaban J connectivity index is 1.48. The van der Waals surface area contributed by atoms with Gasteiger partial charge in [0, 0.05) is 10.9 Å². The van der Waals surface area contributed by atoms with Crippen LogP contribution in [0.1, 0.15) is 80.8 Å². The minimum absolute atomic E-state index is 0.00231. The number of aromatic nitrogens is 3. The highest BCUT2D eigenvalue weighted by molar-refractivity contribution is 7.10. The van der Waals surface area contributed by atoms with Crippen molar-refractivity contribution in [1.29, 1.82) is 0 Å². The number of rotatable bonds is 9. The van der Waals surface area contributed by atoms with Crippen molar-refractivity contribution in [1.82, 2.24) is 25.6 Å². The first-order valence-electron chi connectivity index (χ1n) is 11.8. The molecular weight excluding hydrogens is 510 g/mol. The normalized spacial score (nSPS) is 12.7. The molecule has 0 aliphatic heterocycles. The Morgan fingerprint density at radius 3 is 2.42 bits per heavy atom. The van der Waals surface area contributed by atoms with Gasteiger partial charge in [0.1, 0.15) is 28.8 Å². The highest BCUT2D eigenvalue weighted by Crippen LogP contribution is 2.30. The number of aryl methyl sites for hydroxylation is 1. The van der Waals surface area contributed by atoms with Gasteiger partial charge in [0.15, 0.2) is 11.4 Å². The molecule has 2 N–H and O–H groups in total. The lowest BCUT2D eigenvalue weighted by Crippen LogP contribution is -2.31. The van der Waals surface area contributed by atoms with Crippen molar-refractivity contribution in [3.8, 4) is 11.6 Å². The third-order valence-corrected chi connectivity index (χ3v) is 6.57. The maximum Gasteiger partial charge on any atom is 0.360 e. The molecule has 2 amide bonds. The molecule has 38 heavy (non-hydrogen) atoms. The van der Waals surface area contributed by atoms with Crippen molar-refractivity contribution in [2.45, 2.75) is 39.8 Å². The maximum atomic E-state index is 12.9. The predicted molar refractivity (Wildman–Crippen MR) is 138 cm³/mol. The lowest BCUT2D eigenvalue weighted by Gasteiger charge is -2.20. The van der Waals surface area contributed by atoms with Gasteiger partial charge in [-0.05, 0) is 31.9 Å². The highest BCUT2D eigenvalue weighted by Gasteiger charge is 2.26. The number of methoxy groups -OCH3 is 1. The summed E-state index contributed by atoms with van der Waals surface area (Å²) < 4.78 is 15.6. The van der Waals surface area contributed by atoms with Crippen LogP contribution < -0.4 is 10.6 Å². The summed E-state index contributed by atoms with van der Waals surface area (Å²) in [7, 11) is 1.24. The largest absolute Gasteiger partial charge is 0.464 e. The van der Waals surface area contributed by atoms with E-state index in [-0.39, 0.29) is 41.0 Å².